The zero-order valence-electron chi connectivity index (χ0n) is 18.5. The summed E-state index contributed by atoms with van der Waals surface area (Å²) in [5, 5.41) is 2.36. The van der Waals surface area contributed by atoms with Gasteiger partial charge in [0.25, 0.3) is 5.91 Å². The van der Waals surface area contributed by atoms with Crippen molar-refractivity contribution < 1.29 is 22.8 Å². The number of carbonyl (C=O) groups is 2. The Morgan fingerprint density at radius 2 is 1.50 bits per heavy atom. The molecular formula is C24H28F3N3O2. The summed E-state index contributed by atoms with van der Waals surface area (Å²) in [6, 6.07) is 12.5. The Bertz CT molecular complexity index is 958. The van der Waals surface area contributed by atoms with Crippen molar-refractivity contribution in [2.45, 2.75) is 32.4 Å². The Kier molecular flexibility index (Phi) is 6.93. The van der Waals surface area contributed by atoms with Crippen LogP contribution in [0.2, 0.25) is 0 Å². The molecule has 3 rings (SSSR count). The molecule has 2 amide bonds. The number of para-hydroxylation sites is 1. The topological polar surface area (TPSA) is 52.7 Å². The highest BCUT2D eigenvalue weighted by atomic mass is 19.4. The molecule has 0 bridgehead atoms. The van der Waals surface area contributed by atoms with Crippen LogP contribution in [0.25, 0.3) is 0 Å². The molecule has 0 unspecified atom stereocenters. The van der Waals surface area contributed by atoms with Crippen LogP contribution in [0.4, 0.5) is 18.9 Å². The minimum Gasteiger partial charge on any atom is -0.336 e. The molecule has 2 aromatic carbocycles. The van der Waals surface area contributed by atoms with E-state index in [0.717, 1.165) is 11.6 Å². The molecule has 32 heavy (non-hydrogen) atoms. The normalized spacial score (nSPS) is 15.5. The van der Waals surface area contributed by atoms with Crippen LogP contribution in [0.1, 0.15) is 42.3 Å². The molecule has 1 fully saturated rings. The summed E-state index contributed by atoms with van der Waals surface area (Å²) in [6.07, 6.45) is -4.54. The SMILES string of the molecule is CC(C)(C)c1ccc(C(=O)N2CCN(CC(=O)Nc3ccccc3C(F)(F)F)CC2)cc1. The minimum absolute atomic E-state index is 0.00832. The van der Waals surface area contributed by atoms with E-state index in [-0.39, 0.29) is 23.6 Å². The summed E-state index contributed by atoms with van der Waals surface area (Å²) in [7, 11) is 0. The van der Waals surface area contributed by atoms with Crippen LogP contribution in [0.5, 0.6) is 0 Å². The second kappa shape index (κ2) is 9.32. The van der Waals surface area contributed by atoms with Gasteiger partial charge < -0.3 is 10.2 Å². The standard InChI is InChI=1S/C24H28F3N3O2/c1-23(2,3)18-10-8-17(9-11-18)22(32)30-14-12-29(13-15-30)16-21(31)28-20-7-5-4-6-19(20)24(25,26)27/h4-11H,12-16H2,1-3H3,(H,28,31). The van der Waals surface area contributed by atoms with E-state index in [0.29, 0.717) is 31.7 Å². The number of piperazine rings is 1. The lowest BCUT2D eigenvalue weighted by Crippen LogP contribution is -2.50. The molecule has 5 nitrogen and oxygen atoms in total. The van der Waals surface area contributed by atoms with Crippen LogP contribution < -0.4 is 5.32 Å². The summed E-state index contributed by atoms with van der Waals surface area (Å²) >= 11 is 0. The number of carbonyl (C=O) groups excluding carboxylic acids is 2. The van der Waals surface area contributed by atoms with Crippen LogP contribution in [0.15, 0.2) is 48.5 Å². The fraction of sp³-hybridized carbons (Fsp3) is 0.417. The predicted molar refractivity (Wildman–Crippen MR) is 118 cm³/mol. The Hall–Kier alpha value is -2.87. The van der Waals surface area contributed by atoms with Gasteiger partial charge in [0.1, 0.15) is 0 Å². The highest BCUT2D eigenvalue weighted by Crippen LogP contribution is 2.34. The number of anilines is 1. The number of nitrogens with one attached hydrogen (secondary N) is 1. The van der Waals surface area contributed by atoms with Crippen LogP contribution in [0, 0.1) is 0 Å². The highest BCUT2D eigenvalue weighted by molar-refractivity contribution is 5.94. The van der Waals surface area contributed by atoms with Crippen molar-refractivity contribution in [2.24, 2.45) is 0 Å². The molecule has 0 spiro atoms. The quantitative estimate of drug-likeness (QED) is 0.756. The largest absolute Gasteiger partial charge is 0.418 e. The second-order valence-corrected chi connectivity index (χ2v) is 8.99. The van der Waals surface area contributed by atoms with Gasteiger partial charge in [0.05, 0.1) is 17.8 Å². The lowest BCUT2D eigenvalue weighted by Gasteiger charge is -2.34. The number of rotatable bonds is 4. The van der Waals surface area contributed by atoms with Gasteiger partial charge in [-0.25, -0.2) is 0 Å². The van der Waals surface area contributed by atoms with Crippen molar-refractivity contribution in [1.29, 1.82) is 0 Å². The summed E-state index contributed by atoms with van der Waals surface area (Å²) in [5.74, 6) is -0.576. The van der Waals surface area contributed by atoms with Crippen molar-refractivity contribution in [3.8, 4) is 0 Å². The van der Waals surface area contributed by atoms with E-state index in [1.54, 1.807) is 4.90 Å². The summed E-state index contributed by atoms with van der Waals surface area (Å²) in [6.45, 7) is 8.15. The molecule has 2 aromatic rings. The smallest absolute Gasteiger partial charge is 0.336 e. The van der Waals surface area contributed by atoms with Crippen molar-refractivity contribution in [1.82, 2.24) is 9.80 Å². The van der Waals surface area contributed by atoms with Crippen molar-refractivity contribution in [3.63, 3.8) is 0 Å². The first kappa shape index (κ1) is 23.8. The second-order valence-electron chi connectivity index (χ2n) is 8.99. The van der Waals surface area contributed by atoms with Gasteiger partial charge >= 0.3 is 6.18 Å². The number of benzene rings is 2. The number of alkyl halides is 3. The molecule has 8 heteroatoms. The molecular weight excluding hydrogens is 419 g/mol. The van der Waals surface area contributed by atoms with Gasteiger partial charge in [0.2, 0.25) is 5.91 Å². The molecule has 1 aliphatic heterocycles. The molecule has 0 saturated carbocycles. The summed E-state index contributed by atoms with van der Waals surface area (Å²) in [5.41, 5.74) is 0.651. The third-order valence-corrected chi connectivity index (χ3v) is 5.53. The molecule has 0 radical (unpaired) electrons. The van der Waals surface area contributed by atoms with Gasteiger partial charge in [0, 0.05) is 31.7 Å². The monoisotopic (exact) mass is 447 g/mol. The van der Waals surface area contributed by atoms with Crippen molar-refractivity contribution >= 4 is 17.5 Å². The first-order valence-electron chi connectivity index (χ1n) is 10.5. The fourth-order valence-electron chi connectivity index (χ4n) is 3.64. The van der Waals surface area contributed by atoms with Gasteiger partial charge in [-0.05, 0) is 35.2 Å². The minimum atomic E-state index is -4.54. The lowest BCUT2D eigenvalue weighted by atomic mass is 9.86. The van der Waals surface area contributed by atoms with Gasteiger partial charge in [-0.3, -0.25) is 14.5 Å². The lowest BCUT2D eigenvalue weighted by molar-refractivity contribution is -0.137. The van der Waals surface area contributed by atoms with Crippen molar-refractivity contribution in [2.75, 3.05) is 38.0 Å². The van der Waals surface area contributed by atoms with E-state index >= 15 is 0 Å². The van der Waals surface area contributed by atoms with Gasteiger partial charge in [0.15, 0.2) is 0 Å². The average molecular weight is 448 g/mol. The van der Waals surface area contributed by atoms with E-state index in [1.807, 2.05) is 29.2 Å². The molecule has 0 aliphatic carbocycles. The Morgan fingerprint density at radius 1 is 0.906 bits per heavy atom. The van der Waals surface area contributed by atoms with Gasteiger partial charge in [-0.2, -0.15) is 13.2 Å². The maximum atomic E-state index is 13.1. The first-order chi connectivity index (χ1) is 14.9. The van der Waals surface area contributed by atoms with E-state index < -0.39 is 17.6 Å². The Balaban J connectivity index is 1.53. The van der Waals surface area contributed by atoms with Crippen LogP contribution in [-0.2, 0) is 16.4 Å². The third-order valence-electron chi connectivity index (χ3n) is 5.53. The van der Waals surface area contributed by atoms with E-state index in [9.17, 15) is 22.8 Å². The van der Waals surface area contributed by atoms with E-state index in [2.05, 4.69) is 26.1 Å². The van der Waals surface area contributed by atoms with Crippen molar-refractivity contribution in [3.05, 3.63) is 65.2 Å². The van der Waals surface area contributed by atoms with E-state index in [4.69, 9.17) is 0 Å². The maximum absolute atomic E-state index is 13.1. The Labute approximate surface area is 186 Å². The molecule has 1 heterocycles. The van der Waals surface area contributed by atoms with Crippen LogP contribution in [0.3, 0.4) is 0 Å². The van der Waals surface area contributed by atoms with E-state index in [1.165, 1.54) is 18.2 Å². The average Bonchev–Trinajstić information content (AvgIpc) is 2.73. The molecule has 1 N–H and O–H groups in total. The highest BCUT2D eigenvalue weighted by Gasteiger charge is 2.33. The maximum Gasteiger partial charge on any atom is 0.418 e. The van der Waals surface area contributed by atoms with Crippen LogP contribution in [-0.4, -0.2) is 54.3 Å². The zero-order valence-corrected chi connectivity index (χ0v) is 18.5. The molecule has 172 valence electrons. The molecule has 1 saturated heterocycles. The van der Waals surface area contributed by atoms with Gasteiger partial charge in [-0.1, -0.05) is 45.0 Å². The Morgan fingerprint density at radius 3 is 2.06 bits per heavy atom. The predicted octanol–water partition coefficient (Wildman–Crippen LogP) is 4.40. The fourth-order valence-corrected chi connectivity index (χ4v) is 3.64. The number of hydrogen-bond donors (Lipinski definition) is 1. The zero-order chi connectivity index (χ0) is 23.5. The van der Waals surface area contributed by atoms with Crippen LogP contribution >= 0.6 is 0 Å². The molecule has 0 aromatic heterocycles. The third kappa shape index (κ3) is 5.88. The molecule has 1 aliphatic rings. The number of hydrogen-bond acceptors (Lipinski definition) is 3. The summed E-state index contributed by atoms with van der Waals surface area (Å²) < 4.78 is 39.3. The first-order valence-corrected chi connectivity index (χ1v) is 10.5. The van der Waals surface area contributed by atoms with Gasteiger partial charge in [-0.15, -0.1) is 0 Å². The number of halogens is 3. The number of nitrogens with zero attached hydrogens (tertiary/aromatic N) is 2. The summed E-state index contributed by atoms with van der Waals surface area (Å²) in [4.78, 5) is 28.7. The molecule has 0 atom stereocenters. The number of amides is 2.